The second-order valence-corrected chi connectivity index (χ2v) is 4.57. The Morgan fingerprint density at radius 2 is 2.00 bits per heavy atom. The first-order chi connectivity index (χ1) is 7.22. The highest BCUT2D eigenvalue weighted by atomic mass is 16.5. The molecule has 0 unspecified atom stereocenters. The Hall–Kier alpha value is -0.570. The van der Waals surface area contributed by atoms with E-state index in [9.17, 15) is 4.79 Å². The van der Waals surface area contributed by atoms with Crippen LogP contribution in [-0.2, 0) is 9.53 Å². The zero-order valence-electron chi connectivity index (χ0n) is 9.97. The molecule has 0 radical (unpaired) electrons. The lowest BCUT2D eigenvalue weighted by Gasteiger charge is -2.36. The third-order valence-corrected chi connectivity index (χ3v) is 3.29. The molecule has 1 aliphatic rings. The summed E-state index contributed by atoms with van der Waals surface area (Å²) in [5.41, 5.74) is 0.166. The highest BCUT2D eigenvalue weighted by Gasteiger charge is 2.34. The molecule has 0 aromatic rings. The Kier molecular flexibility index (Phi) is 5.09. The Balaban J connectivity index is 2.51. The zero-order valence-corrected chi connectivity index (χ0v) is 9.97. The van der Waals surface area contributed by atoms with Crippen molar-refractivity contribution in [1.29, 1.82) is 0 Å². The minimum absolute atomic E-state index is 0.0327. The molecule has 88 valence electrons. The van der Waals surface area contributed by atoms with E-state index in [2.05, 4.69) is 5.32 Å². The average molecular weight is 213 g/mol. The monoisotopic (exact) mass is 213 g/mol. The number of carbonyl (C=O) groups is 1. The first kappa shape index (κ1) is 12.5. The fourth-order valence-corrected chi connectivity index (χ4v) is 2.61. The van der Waals surface area contributed by atoms with Gasteiger partial charge in [0.05, 0.1) is 13.0 Å². The van der Waals surface area contributed by atoms with Gasteiger partial charge in [-0.05, 0) is 32.2 Å². The summed E-state index contributed by atoms with van der Waals surface area (Å²) in [6, 6.07) is 0. The molecule has 0 aromatic carbocycles. The van der Waals surface area contributed by atoms with Crippen LogP contribution in [0.25, 0.3) is 0 Å². The molecule has 0 spiro atoms. The standard InChI is InChI=1S/C12H23NO2/c1-3-15-11(14)9-12(10-13-2)7-5-4-6-8-12/h13H,3-10H2,1-2H3. The van der Waals surface area contributed by atoms with E-state index < -0.39 is 0 Å². The molecule has 0 heterocycles. The second-order valence-electron chi connectivity index (χ2n) is 4.57. The number of rotatable bonds is 5. The molecule has 3 heteroatoms. The highest BCUT2D eigenvalue weighted by Crippen LogP contribution is 2.38. The molecule has 0 aromatic heterocycles. The summed E-state index contributed by atoms with van der Waals surface area (Å²) in [5, 5.41) is 3.22. The first-order valence-corrected chi connectivity index (χ1v) is 6.03. The van der Waals surface area contributed by atoms with Gasteiger partial charge >= 0.3 is 5.97 Å². The van der Waals surface area contributed by atoms with Gasteiger partial charge < -0.3 is 10.1 Å². The van der Waals surface area contributed by atoms with E-state index in [1.165, 1.54) is 19.3 Å². The molecule has 15 heavy (non-hydrogen) atoms. The Labute approximate surface area is 92.6 Å². The van der Waals surface area contributed by atoms with Crippen molar-refractivity contribution in [1.82, 2.24) is 5.32 Å². The molecule has 0 saturated heterocycles. The van der Waals surface area contributed by atoms with Crippen molar-refractivity contribution in [2.24, 2.45) is 5.41 Å². The Morgan fingerprint density at radius 3 is 2.53 bits per heavy atom. The maximum atomic E-state index is 11.5. The van der Waals surface area contributed by atoms with Crippen molar-refractivity contribution in [3.8, 4) is 0 Å². The highest BCUT2D eigenvalue weighted by molar-refractivity contribution is 5.70. The minimum Gasteiger partial charge on any atom is -0.466 e. The van der Waals surface area contributed by atoms with E-state index in [1.807, 2.05) is 14.0 Å². The largest absolute Gasteiger partial charge is 0.466 e. The summed E-state index contributed by atoms with van der Waals surface area (Å²) in [6.07, 6.45) is 6.72. The van der Waals surface area contributed by atoms with Crippen LogP contribution in [0.4, 0.5) is 0 Å². The van der Waals surface area contributed by atoms with Crippen LogP contribution in [-0.4, -0.2) is 26.2 Å². The fourth-order valence-electron chi connectivity index (χ4n) is 2.61. The Morgan fingerprint density at radius 1 is 1.33 bits per heavy atom. The van der Waals surface area contributed by atoms with Crippen LogP contribution < -0.4 is 5.32 Å². The molecular weight excluding hydrogens is 190 g/mol. The smallest absolute Gasteiger partial charge is 0.306 e. The molecule has 1 fully saturated rings. The van der Waals surface area contributed by atoms with Gasteiger partial charge in [-0.25, -0.2) is 0 Å². The van der Waals surface area contributed by atoms with E-state index in [4.69, 9.17) is 4.74 Å². The van der Waals surface area contributed by atoms with E-state index in [1.54, 1.807) is 0 Å². The number of nitrogens with one attached hydrogen (secondary N) is 1. The van der Waals surface area contributed by atoms with E-state index in [-0.39, 0.29) is 11.4 Å². The van der Waals surface area contributed by atoms with Crippen LogP contribution >= 0.6 is 0 Å². The van der Waals surface area contributed by atoms with Crippen LogP contribution in [0, 0.1) is 5.41 Å². The van der Waals surface area contributed by atoms with Crippen molar-refractivity contribution in [2.45, 2.75) is 45.4 Å². The summed E-state index contributed by atoms with van der Waals surface area (Å²) in [6.45, 7) is 3.30. The van der Waals surface area contributed by atoms with Crippen LogP contribution in [0.3, 0.4) is 0 Å². The summed E-state index contributed by atoms with van der Waals surface area (Å²) < 4.78 is 5.05. The first-order valence-electron chi connectivity index (χ1n) is 6.03. The molecule has 1 N–H and O–H groups in total. The summed E-state index contributed by atoms with van der Waals surface area (Å²) in [7, 11) is 1.96. The Bertz CT molecular complexity index is 192. The number of hydrogen-bond acceptors (Lipinski definition) is 3. The van der Waals surface area contributed by atoms with Gasteiger partial charge in [0.25, 0.3) is 0 Å². The van der Waals surface area contributed by atoms with Crippen molar-refractivity contribution in [3.63, 3.8) is 0 Å². The molecule has 0 atom stereocenters. The van der Waals surface area contributed by atoms with Gasteiger partial charge in [-0.3, -0.25) is 4.79 Å². The molecule has 1 aliphatic carbocycles. The zero-order chi connectivity index (χ0) is 11.1. The van der Waals surface area contributed by atoms with Crippen molar-refractivity contribution >= 4 is 5.97 Å². The quantitative estimate of drug-likeness (QED) is 0.711. The topological polar surface area (TPSA) is 38.3 Å². The van der Waals surface area contributed by atoms with Crippen molar-refractivity contribution < 1.29 is 9.53 Å². The normalized spacial score (nSPS) is 19.9. The van der Waals surface area contributed by atoms with Gasteiger partial charge in [-0.2, -0.15) is 0 Å². The summed E-state index contributed by atoms with van der Waals surface area (Å²) in [4.78, 5) is 11.5. The third kappa shape index (κ3) is 3.82. The van der Waals surface area contributed by atoms with Gasteiger partial charge in [-0.1, -0.05) is 19.3 Å². The molecule has 0 aliphatic heterocycles. The lowest BCUT2D eigenvalue weighted by molar-refractivity contribution is -0.146. The maximum absolute atomic E-state index is 11.5. The van der Waals surface area contributed by atoms with Gasteiger partial charge in [0.2, 0.25) is 0 Å². The molecular formula is C12H23NO2. The van der Waals surface area contributed by atoms with Crippen LogP contribution in [0.15, 0.2) is 0 Å². The molecule has 1 rings (SSSR count). The lowest BCUT2D eigenvalue weighted by atomic mass is 9.72. The summed E-state index contributed by atoms with van der Waals surface area (Å²) >= 11 is 0. The second kappa shape index (κ2) is 6.11. The lowest BCUT2D eigenvalue weighted by Crippen LogP contribution is -2.37. The average Bonchev–Trinajstić information content (AvgIpc) is 2.19. The van der Waals surface area contributed by atoms with Gasteiger partial charge in [-0.15, -0.1) is 0 Å². The SMILES string of the molecule is CCOC(=O)CC1(CNC)CCCCC1. The molecule has 0 bridgehead atoms. The predicted octanol–water partition coefficient (Wildman–Crippen LogP) is 2.11. The maximum Gasteiger partial charge on any atom is 0.306 e. The minimum atomic E-state index is -0.0327. The van der Waals surface area contributed by atoms with Crippen LogP contribution in [0.1, 0.15) is 45.4 Å². The molecule has 3 nitrogen and oxygen atoms in total. The number of carbonyl (C=O) groups excluding carboxylic acids is 1. The number of esters is 1. The van der Waals surface area contributed by atoms with E-state index in [0.717, 1.165) is 19.4 Å². The van der Waals surface area contributed by atoms with E-state index >= 15 is 0 Å². The van der Waals surface area contributed by atoms with Crippen LogP contribution in [0.5, 0.6) is 0 Å². The third-order valence-electron chi connectivity index (χ3n) is 3.29. The van der Waals surface area contributed by atoms with Gasteiger partial charge in [0.1, 0.15) is 0 Å². The fraction of sp³-hybridized carbons (Fsp3) is 0.917. The number of hydrogen-bond donors (Lipinski definition) is 1. The predicted molar refractivity (Wildman–Crippen MR) is 60.7 cm³/mol. The molecule has 1 saturated carbocycles. The van der Waals surface area contributed by atoms with Gasteiger partial charge in [0, 0.05) is 6.54 Å². The molecule has 0 amide bonds. The van der Waals surface area contributed by atoms with Crippen LogP contribution in [0.2, 0.25) is 0 Å². The van der Waals surface area contributed by atoms with E-state index in [0.29, 0.717) is 13.0 Å². The van der Waals surface area contributed by atoms with Crippen molar-refractivity contribution in [2.75, 3.05) is 20.2 Å². The van der Waals surface area contributed by atoms with Crippen molar-refractivity contribution in [3.05, 3.63) is 0 Å². The summed E-state index contributed by atoms with van der Waals surface area (Å²) in [5.74, 6) is -0.0327. The number of ether oxygens (including phenoxy) is 1. The van der Waals surface area contributed by atoms with Gasteiger partial charge in [0.15, 0.2) is 0 Å².